The summed E-state index contributed by atoms with van der Waals surface area (Å²) in [7, 11) is 1.73. The maximum atomic E-state index is 8.52. The summed E-state index contributed by atoms with van der Waals surface area (Å²) in [6.45, 7) is 2.43. The molecule has 0 aliphatic rings. The average Bonchev–Trinajstić information content (AvgIpc) is 1.98. The molecule has 0 amide bonds. The number of aliphatic hydroxyl groups excluding tert-OH is 1. The molecule has 0 aromatic carbocycles. The predicted octanol–water partition coefficient (Wildman–Crippen LogP) is 1.57. The fraction of sp³-hybridized carbons (Fsp3) is 1.00. The fourth-order valence-electron chi connectivity index (χ4n) is 1.02. The second-order valence-electron chi connectivity index (χ2n) is 2.51. The summed E-state index contributed by atoms with van der Waals surface area (Å²) in [5, 5.41) is 8.52. The minimum Gasteiger partial charge on any atom is -0.396 e. The van der Waals surface area contributed by atoms with Gasteiger partial charge in [-0.05, 0) is 19.3 Å². The fourth-order valence-corrected chi connectivity index (χ4v) is 1.02. The SMILES string of the molecule is CCC[C@H](CCCO)OC. The molecule has 0 aliphatic heterocycles. The number of aliphatic hydroxyl groups is 1. The molecular weight excluding hydrogens is 128 g/mol. The van der Waals surface area contributed by atoms with Crippen LogP contribution in [0.15, 0.2) is 0 Å². The van der Waals surface area contributed by atoms with Gasteiger partial charge in [0, 0.05) is 13.7 Å². The molecule has 62 valence electrons. The van der Waals surface area contributed by atoms with Crippen molar-refractivity contribution in [2.24, 2.45) is 0 Å². The van der Waals surface area contributed by atoms with Crippen LogP contribution in [0.25, 0.3) is 0 Å². The maximum absolute atomic E-state index is 8.52. The van der Waals surface area contributed by atoms with Crippen LogP contribution in [-0.2, 0) is 4.74 Å². The Labute approximate surface area is 63.2 Å². The first-order valence-electron chi connectivity index (χ1n) is 3.98. The zero-order valence-electron chi connectivity index (χ0n) is 6.97. The third-order valence-corrected chi connectivity index (χ3v) is 1.63. The smallest absolute Gasteiger partial charge is 0.0572 e. The molecule has 2 heteroatoms. The lowest BCUT2D eigenvalue weighted by molar-refractivity contribution is 0.0804. The van der Waals surface area contributed by atoms with Gasteiger partial charge in [0.15, 0.2) is 0 Å². The van der Waals surface area contributed by atoms with E-state index in [2.05, 4.69) is 6.92 Å². The number of rotatable bonds is 6. The number of ether oxygens (including phenoxy) is 1. The first-order chi connectivity index (χ1) is 4.85. The van der Waals surface area contributed by atoms with Gasteiger partial charge in [-0.25, -0.2) is 0 Å². The van der Waals surface area contributed by atoms with Crippen molar-refractivity contribution in [2.75, 3.05) is 13.7 Å². The molecule has 0 heterocycles. The molecule has 0 saturated carbocycles. The molecule has 1 N–H and O–H groups in total. The van der Waals surface area contributed by atoms with E-state index in [1.54, 1.807) is 7.11 Å². The van der Waals surface area contributed by atoms with Crippen LogP contribution in [0.4, 0.5) is 0 Å². The normalized spacial score (nSPS) is 13.5. The van der Waals surface area contributed by atoms with Crippen LogP contribution in [0.5, 0.6) is 0 Å². The summed E-state index contributed by atoms with van der Waals surface area (Å²) in [6.07, 6.45) is 4.47. The van der Waals surface area contributed by atoms with Crippen molar-refractivity contribution in [3.05, 3.63) is 0 Å². The van der Waals surface area contributed by atoms with Crippen LogP contribution in [-0.4, -0.2) is 24.9 Å². The van der Waals surface area contributed by atoms with Gasteiger partial charge in [0.25, 0.3) is 0 Å². The standard InChI is InChI=1S/C8H18O2/c1-3-5-8(10-2)6-4-7-9/h8-9H,3-7H2,1-2H3/t8-/m1/s1. The average molecular weight is 146 g/mol. The Morgan fingerprint density at radius 1 is 1.40 bits per heavy atom. The Kier molecular flexibility index (Phi) is 6.98. The monoisotopic (exact) mass is 146 g/mol. The lowest BCUT2D eigenvalue weighted by Crippen LogP contribution is -2.10. The van der Waals surface area contributed by atoms with Gasteiger partial charge in [-0.1, -0.05) is 13.3 Å². The largest absolute Gasteiger partial charge is 0.396 e. The number of methoxy groups -OCH3 is 1. The third kappa shape index (κ3) is 4.77. The van der Waals surface area contributed by atoms with Crippen LogP contribution in [0.2, 0.25) is 0 Å². The molecule has 0 aromatic heterocycles. The van der Waals surface area contributed by atoms with Crippen molar-refractivity contribution in [1.29, 1.82) is 0 Å². The van der Waals surface area contributed by atoms with Gasteiger partial charge >= 0.3 is 0 Å². The molecule has 0 saturated heterocycles. The minimum absolute atomic E-state index is 0.281. The van der Waals surface area contributed by atoms with Crippen molar-refractivity contribution in [1.82, 2.24) is 0 Å². The van der Waals surface area contributed by atoms with E-state index in [0.717, 1.165) is 25.7 Å². The van der Waals surface area contributed by atoms with Gasteiger partial charge in [0.05, 0.1) is 6.10 Å². The molecule has 0 aliphatic carbocycles. The summed E-state index contributed by atoms with van der Waals surface area (Å²) in [6, 6.07) is 0. The lowest BCUT2D eigenvalue weighted by atomic mass is 10.1. The quantitative estimate of drug-likeness (QED) is 0.616. The van der Waals surface area contributed by atoms with Crippen molar-refractivity contribution in [2.45, 2.75) is 38.7 Å². The van der Waals surface area contributed by atoms with Crippen LogP contribution >= 0.6 is 0 Å². The summed E-state index contributed by atoms with van der Waals surface area (Å²) < 4.78 is 5.18. The second kappa shape index (κ2) is 7.03. The van der Waals surface area contributed by atoms with Crippen LogP contribution in [0.1, 0.15) is 32.6 Å². The zero-order chi connectivity index (χ0) is 7.82. The Bertz CT molecular complexity index is 64.3. The van der Waals surface area contributed by atoms with Gasteiger partial charge in [-0.3, -0.25) is 0 Å². The lowest BCUT2D eigenvalue weighted by Gasteiger charge is -2.12. The van der Waals surface area contributed by atoms with E-state index in [0.29, 0.717) is 6.10 Å². The Morgan fingerprint density at radius 3 is 2.50 bits per heavy atom. The topological polar surface area (TPSA) is 29.5 Å². The highest BCUT2D eigenvalue weighted by molar-refractivity contribution is 4.55. The second-order valence-corrected chi connectivity index (χ2v) is 2.51. The molecule has 0 rings (SSSR count). The summed E-state index contributed by atoms with van der Waals surface area (Å²) in [5.74, 6) is 0. The first kappa shape index (κ1) is 9.92. The van der Waals surface area contributed by atoms with Gasteiger partial charge in [-0.2, -0.15) is 0 Å². The molecule has 0 fully saturated rings. The van der Waals surface area contributed by atoms with Gasteiger partial charge in [-0.15, -0.1) is 0 Å². The van der Waals surface area contributed by atoms with Gasteiger partial charge in [0.2, 0.25) is 0 Å². The molecule has 0 spiro atoms. The predicted molar refractivity (Wildman–Crippen MR) is 42.0 cm³/mol. The van der Waals surface area contributed by atoms with E-state index in [4.69, 9.17) is 9.84 Å². The minimum atomic E-state index is 0.281. The molecule has 0 bridgehead atoms. The van der Waals surface area contributed by atoms with E-state index in [9.17, 15) is 0 Å². The highest BCUT2D eigenvalue weighted by Crippen LogP contribution is 2.07. The van der Waals surface area contributed by atoms with E-state index < -0.39 is 0 Å². The van der Waals surface area contributed by atoms with Crippen molar-refractivity contribution < 1.29 is 9.84 Å². The van der Waals surface area contributed by atoms with E-state index in [1.165, 1.54) is 0 Å². The number of hydrogen-bond donors (Lipinski definition) is 1. The molecule has 0 radical (unpaired) electrons. The van der Waals surface area contributed by atoms with Crippen LogP contribution < -0.4 is 0 Å². The van der Waals surface area contributed by atoms with E-state index in [1.807, 2.05) is 0 Å². The summed E-state index contributed by atoms with van der Waals surface area (Å²) >= 11 is 0. The Balaban J connectivity index is 3.21. The Hall–Kier alpha value is -0.0800. The van der Waals surface area contributed by atoms with E-state index >= 15 is 0 Å². The van der Waals surface area contributed by atoms with Crippen LogP contribution in [0, 0.1) is 0 Å². The molecule has 10 heavy (non-hydrogen) atoms. The first-order valence-corrected chi connectivity index (χ1v) is 3.98. The Morgan fingerprint density at radius 2 is 2.10 bits per heavy atom. The van der Waals surface area contributed by atoms with Crippen molar-refractivity contribution >= 4 is 0 Å². The van der Waals surface area contributed by atoms with Crippen LogP contribution in [0.3, 0.4) is 0 Å². The summed E-state index contributed by atoms with van der Waals surface area (Å²) in [4.78, 5) is 0. The van der Waals surface area contributed by atoms with Crippen molar-refractivity contribution in [3.8, 4) is 0 Å². The zero-order valence-corrected chi connectivity index (χ0v) is 6.97. The maximum Gasteiger partial charge on any atom is 0.0572 e. The molecule has 0 aromatic rings. The van der Waals surface area contributed by atoms with E-state index in [-0.39, 0.29) is 6.61 Å². The van der Waals surface area contributed by atoms with Gasteiger partial charge < -0.3 is 9.84 Å². The highest BCUT2D eigenvalue weighted by Gasteiger charge is 2.03. The summed E-state index contributed by atoms with van der Waals surface area (Å²) in [5.41, 5.74) is 0. The molecule has 0 unspecified atom stereocenters. The molecule has 1 atom stereocenters. The van der Waals surface area contributed by atoms with Crippen molar-refractivity contribution in [3.63, 3.8) is 0 Å². The third-order valence-electron chi connectivity index (χ3n) is 1.63. The van der Waals surface area contributed by atoms with Gasteiger partial charge in [0.1, 0.15) is 0 Å². The highest BCUT2D eigenvalue weighted by atomic mass is 16.5. The molecule has 2 nitrogen and oxygen atoms in total. The molecular formula is C8H18O2. The number of hydrogen-bond acceptors (Lipinski definition) is 2.